The molecule has 0 amide bonds. The lowest BCUT2D eigenvalue weighted by atomic mass is 10.6. The van der Waals surface area contributed by atoms with Crippen molar-refractivity contribution in [3.8, 4) is 11.8 Å². The summed E-state index contributed by atoms with van der Waals surface area (Å²) < 4.78 is 77.1. The van der Waals surface area contributed by atoms with Gasteiger partial charge in [-0.2, -0.15) is 9.97 Å². The lowest BCUT2D eigenvalue weighted by molar-refractivity contribution is -0.278. The number of rotatable bonds is 2. The van der Waals surface area contributed by atoms with E-state index in [1.807, 2.05) is 0 Å². The van der Waals surface area contributed by atoms with Gasteiger partial charge in [0.1, 0.15) is 0 Å². The number of nitrogen functional groups attached to an aromatic ring is 1. The Kier molecular flexibility index (Phi) is 3.20. The zero-order chi connectivity index (χ0) is 13.3. The summed E-state index contributed by atoms with van der Waals surface area (Å²) in [6, 6.07) is 0.206. The van der Waals surface area contributed by atoms with Crippen LogP contribution in [-0.2, 0) is 0 Å². The maximum atomic E-state index is 11.8. The molecular formula is C6H3F6N3O2. The minimum Gasteiger partial charge on any atom is -0.388 e. The third-order valence-corrected chi connectivity index (χ3v) is 1.14. The van der Waals surface area contributed by atoms with E-state index in [2.05, 4.69) is 19.4 Å². The van der Waals surface area contributed by atoms with Crippen molar-refractivity contribution in [1.82, 2.24) is 9.97 Å². The molecule has 0 radical (unpaired) electrons. The molecule has 1 heterocycles. The van der Waals surface area contributed by atoms with E-state index in [0.717, 1.165) is 0 Å². The lowest BCUT2D eigenvalue weighted by Crippen LogP contribution is -2.20. The Labute approximate surface area is 89.2 Å². The van der Waals surface area contributed by atoms with Gasteiger partial charge in [-0.3, -0.25) is 0 Å². The quantitative estimate of drug-likeness (QED) is 0.824. The maximum absolute atomic E-state index is 11.8. The Morgan fingerprint density at radius 2 is 1.24 bits per heavy atom. The van der Waals surface area contributed by atoms with Gasteiger partial charge in [0.15, 0.2) is 0 Å². The monoisotopic (exact) mass is 263 g/mol. The molecule has 17 heavy (non-hydrogen) atoms. The number of nitrogens with two attached hydrogens (primary N) is 1. The molecule has 0 aliphatic heterocycles. The fraction of sp³-hybridized carbons (Fsp3) is 0.333. The molecule has 1 rings (SSSR count). The van der Waals surface area contributed by atoms with Gasteiger partial charge < -0.3 is 15.2 Å². The predicted octanol–water partition coefficient (Wildman–Crippen LogP) is 1.86. The number of alkyl halides is 6. The average Bonchev–Trinajstić information content (AvgIpc) is 1.93. The molecule has 2 N–H and O–H groups in total. The molecule has 0 atom stereocenters. The van der Waals surface area contributed by atoms with Gasteiger partial charge in [-0.25, -0.2) is 0 Å². The third kappa shape index (κ3) is 5.08. The van der Waals surface area contributed by atoms with Crippen molar-refractivity contribution in [1.29, 1.82) is 0 Å². The van der Waals surface area contributed by atoms with E-state index in [9.17, 15) is 26.3 Å². The Morgan fingerprint density at radius 3 is 1.53 bits per heavy atom. The summed E-state index contributed by atoms with van der Waals surface area (Å²) >= 11 is 0. The van der Waals surface area contributed by atoms with Gasteiger partial charge in [0.05, 0.1) is 6.07 Å². The molecule has 1 aromatic heterocycles. The molecule has 96 valence electrons. The summed E-state index contributed by atoms with van der Waals surface area (Å²) in [5, 5.41) is 0. The van der Waals surface area contributed by atoms with E-state index in [0.29, 0.717) is 0 Å². The van der Waals surface area contributed by atoms with E-state index in [-0.39, 0.29) is 6.07 Å². The van der Waals surface area contributed by atoms with Crippen LogP contribution >= 0.6 is 0 Å². The summed E-state index contributed by atoms with van der Waals surface area (Å²) in [5.41, 5.74) is 4.88. The van der Waals surface area contributed by atoms with Gasteiger partial charge in [0.25, 0.3) is 0 Å². The van der Waals surface area contributed by atoms with Gasteiger partial charge in [-0.1, -0.05) is 0 Å². The summed E-state index contributed by atoms with van der Waals surface area (Å²) in [6.07, 6.45) is -10.2. The van der Waals surface area contributed by atoms with Crippen LogP contribution in [0, 0.1) is 0 Å². The highest BCUT2D eigenvalue weighted by molar-refractivity contribution is 5.29. The number of anilines is 1. The number of hydrogen-bond acceptors (Lipinski definition) is 5. The molecule has 0 saturated carbocycles. The molecule has 5 nitrogen and oxygen atoms in total. The summed E-state index contributed by atoms with van der Waals surface area (Å²) in [6.45, 7) is 0. The van der Waals surface area contributed by atoms with Crippen molar-refractivity contribution in [2.75, 3.05) is 5.73 Å². The highest BCUT2D eigenvalue weighted by Crippen LogP contribution is 2.27. The maximum Gasteiger partial charge on any atom is 0.574 e. The van der Waals surface area contributed by atoms with E-state index < -0.39 is 30.4 Å². The second kappa shape index (κ2) is 4.14. The smallest absolute Gasteiger partial charge is 0.388 e. The van der Waals surface area contributed by atoms with Gasteiger partial charge in [0, 0.05) is 0 Å². The van der Waals surface area contributed by atoms with Crippen molar-refractivity contribution in [3.05, 3.63) is 6.07 Å². The van der Waals surface area contributed by atoms with Crippen molar-refractivity contribution in [2.24, 2.45) is 0 Å². The van der Waals surface area contributed by atoms with Crippen LogP contribution in [0.1, 0.15) is 0 Å². The Bertz CT molecular complexity index is 369. The fourth-order valence-electron chi connectivity index (χ4n) is 0.763. The van der Waals surface area contributed by atoms with E-state index in [1.54, 1.807) is 0 Å². The van der Waals surface area contributed by atoms with Crippen LogP contribution in [0.5, 0.6) is 11.8 Å². The Morgan fingerprint density at radius 1 is 0.882 bits per heavy atom. The fourth-order valence-corrected chi connectivity index (χ4v) is 0.763. The van der Waals surface area contributed by atoms with Crippen LogP contribution in [0.15, 0.2) is 6.07 Å². The van der Waals surface area contributed by atoms with Crippen LogP contribution in [0.2, 0.25) is 0 Å². The normalized spacial score (nSPS) is 12.4. The average molecular weight is 263 g/mol. The van der Waals surface area contributed by atoms with Gasteiger partial charge >= 0.3 is 12.7 Å². The minimum atomic E-state index is -5.11. The van der Waals surface area contributed by atoms with Gasteiger partial charge in [0.2, 0.25) is 17.7 Å². The number of hydrogen-bond donors (Lipinski definition) is 1. The van der Waals surface area contributed by atoms with Crippen LogP contribution in [-0.4, -0.2) is 22.7 Å². The van der Waals surface area contributed by atoms with Crippen LogP contribution < -0.4 is 15.2 Å². The molecule has 1 aromatic rings. The van der Waals surface area contributed by atoms with Crippen LogP contribution in [0.3, 0.4) is 0 Å². The molecule has 0 unspecified atom stereocenters. The number of ether oxygens (including phenoxy) is 2. The highest BCUT2D eigenvalue weighted by Gasteiger charge is 2.34. The topological polar surface area (TPSA) is 70.3 Å². The first-order valence-electron chi connectivity index (χ1n) is 3.71. The lowest BCUT2D eigenvalue weighted by Gasteiger charge is -2.11. The first-order valence-corrected chi connectivity index (χ1v) is 3.71. The predicted molar refractivity (Wildman–Crippen MR) is 39.8 cm³/mol. The Balaban J connectivity index is 2.95. The number of halogens is 6. The summed E-state index contributed by atoms with van der Waals surface area (Å²) in [7, 11) is 0. The molecular weight excluding hydrogens is 260 g/mol. The van der Waals surface area contributed by atoms with Crippen LogP contribution in [0.25, 0.3) is 0 Å². The molecule has 0 aliphatic carbocycles. The summed E-state index contributed by atoms with van der Waals surface area (Å²) in [5.74, 6) is -3.26. The van der Waals surface area contributed by atoms with Crippen molar-refractivity contribution in [3.63, 3.8) is 0 Å². The van der Waals surface area contributed by atoms with E-state index in [4.69, 9.17) is 5.73 Å². The molecule has 0 aromatic carbocycles. The largest absolute Gasteiger partial charge is 0.574 e. The molecule has 0 bridgehead atoms. The number of nitrogens with zero attached hydrogens (tertiary/aromatic N) is 2. The van der Waals surface area contributed by atoms with Crippen molar-refractivity contribution in [2.45, 2.75) is 12.7 Å². The van der Waals surface area contributed by atoms with Gasteiger partial charge in [-0.05, 0) is 0 Å². The second-order valence-corrected chi connectivity index (χ2v) is 2.50. The molecule has 0 spiro atoms. The van der Waals surface area contributed by atoms with Gasteiger partial charge in [-0.15, -0.1) is 26.3 Å². The zero-order valence-corrected chi connectivity index (χ0v) is 7.63. The first-order chi connectivity index (χ1) is 7.55. The van der Waals surface area contributed by atoms with Crippen LogP contribution in [0.4, 0.5) is 32.3 Å². The third-order valence-electron chi connectivity index (χ3n) is 1.14. The van der Waals surface area contributed by atoms with E-state index >= 15 is 0 Å². The molecule has 0 aliphatic rings. The standard InChI is InChI=1S/C6H3F6N3O2/c7-5(8,9)16-2-1-3(15-4(13)14-2)17-6(10,11)12/h1H,(H2,13,14,15). The molecule has 11 heteroatoms. The minimum absolute atomic E-state index is 0.206. The van der Waals surface area contributed by atoms with E-state index in [1.165, 1.54) is 0 Å². The molecule has 0 fully saturated rings. The first kappa shape index (κ1) is 13.1. The van der Waals surface area contributed by atoms with Crippen molar-refractivity contribution < 1.29 is 35.8 Å². The van der Waals surface area contributed by atoms with Crippen molar-refractivity contribution >= 4 is 5.95 Å². The molecule has 0 saturated heterocycles. The highest BCUT2D eigenvalue weighted by atomic mass is 19.4. The summed E-state index contributed by atoms with van der Waals surface area (Å²) in [4.78, 5) is 5.85. The number of aromatic nitrogens is 2. The Hall–Kier alpha value is -1.94. The SMILES string of the molecule is Nc1nc(OC(F)(F)F)cc(OC(F)(F)F)n1. The zero-order valence-electron chi connectivity index (χ0n) is 7.63. The second-order valence-electron chi connectivity index (χ2n) is 2.50.